The van der Waals surface area contributed by atoms with E-state index in [1.54, 1.807) is 75.7 Å². The van der Waals surface area contributed by atoms with Crippen LogP contribution in [0, 0.1) is 0 Å². The van der Waals surface area contributed by atoms with Gasteiger partial charge < -0.3 is 24.1 Å². The van der Waals surface area contributed by atoms with Crippen molar-refractivity contribution in [2.45, 2.75) is 42.8 Å². The summed E-state index contributed by atoms with van der Waals surface area (Å²) >= 11 is 0. The molecule has 4 rings (SSSR count). The zero-order valence-electron chi connectivity index (χ0n) is 24.4. The minimum absolute atomic E-state index is 0.0350. The molecule has 0 spiro atoms. The van der Waals surface area contributed by atoms with Crippen LogP contribution in [0.2, 0.25) is 0 Å². The van der Waals surface area contributed by atoms with Crippen LogP contribution in [0.3, 0.4) is 0 Å². The molecule has 12 heteroatoms. The molecular weight excluding hydrogens is 574 g/mol. The number of hydrazine groups is 1. The van der Waals surface area contributed by atoms with Gasteiger partial charge in [-0.1, -0.05) is 24.3 Å². The van der Waals surface area contributed by atoms with Crippen molar-refractivity contribution in [3.05, 3.63) is 83.9 Å². The first-order chi connectivity index (χ1) is 20.7. The number of hydrogen-bond acceptors (Lipinski definition) is 10. The molecule has 0 fully saturated rings. The van der Waals surface area contributed by atoms with Crippen LogP contribution in [0.4, 0.5) is 0 Å². The van der Waals surface area contributed by atoms with Crippen LogP contribution in [0.1, 0.15) is 30.9 Å². The van der Waals surface area contributed by atoms with Crippen molar-refractivity contribution in [3.8, 4) is 17.2 Å². The van der Waals surface area contributed by atoms with E-state index < -0.39 is 27.4 Å². The standard InChI is InChI=1S/C31H37N3O8S/c1-22-31(16-19-43(37,38)27-8-5-4-6-9-27,30(36)34-32-21-24-12-15-26(39-2)20-28(24)40-3)33-29(42-22)23-10-13-25(14-11-23)41-18-7-17-35/h4-6,8-15,20,22,32,35H,7,16-19,21H2,1-3H3,(H,34,36)/t22-,31-/m0/s1. The summed E-state index contributed by atoms with van der Waals surface area (Å²) in [4.78, 5) is 18.7. The Bertz CT molecular complexity index is 1510. The number of amides is 1. The second-order valence-corrected chi connectivity index (χ2v) is 12.0. The first-order valence-corrected chi connectivity index (χ1v) is 15.5. The summed E-state index contributed by atoms with van der Waals surface area (Å²) in [5.74, 6) is 1.19. The topological polar surface area (TPSA) is 145 Å². The number of hydrogen-bond donors (Lipinski definition) is 3. The fourth-order valence-corrected chi connectivity index (χ4v) is 6.00. The number of sulfone groups is 1. The third-order valence-electron chi connectivity index (χ3n) is 7.16. The maximum Gasteiger partial charge on any atom is 0.266 e. The molecule has 0 saturated heterocycles. The number of benzene rings is 3. The number of nitrogens with zero attached hydrogens (tertiary/aromatic N) is 1. The average Bonchev–Trinajstić information content (AvgIpc) is 3.38. The van der Waals surface area contributed by atoms with Crippen molar-refractivity contribution in [3.63, 3.8) is 0 Å². The number of aliphatic hydroxyl groups excluding tert-OH is 1. The van der Waals surface area contributed by atoms with Crippen molar-refractivity contribution in [2.75, 3.05) is 33.2 Å². The lowest BCUT2D eigenvalue weighted by Gasteiger charge is -2.28. The number of ether oxygens (including phenoxy) is 4. The molecule has 43 heavy (non-hydrogen) atoms. The Morgan fingerprint density at radius 2 is 1.74 bits per heavy atom. The predicted octanol–water partition coefficient (Wildman–Crippen LogP) is 3.05. The Balaban J connectivity index is 1.56. The van der Waals surface area contributed by atoms with E-state index >= 15 is 0 Å². The molecule has 3 aromatic carbocycles. The van der Waals surface area contributed by atoms with Crippen LogP contribution in [-0.4, -0.2) is 70.2 Å². The third-order valence-corrected chi connectivity index (χ3v) is 8.89. The van der Waals surface area contributed by atoms with Gasteiger partial charge in [-0.3, -0.25) is 10.2 Å². The van der Waals surface area contributed by atoms with Crippen molar-refractivity contribution < 1.29 is 37.3 Å². The molecule has 0 aliphatic carbocycles. The highest BCUT2D eigenvalue weighted by Crippen LogP contribution is 2.33. The molecule has 0 saturated carbocycles. The number of methoxy groups -OCH3 is 2. The summed E-state index contributed by atoms with van der Waals surface area (Å²) in [7, 11) is -0.606. The van der Waals surface area contributed by atoms with Crippen LogP contribution < -0.4 is 25.1 Å². The number of aliphatic imine (C=N–C) groups is 1. The fraction of sp³-hybridized carbons (Fsp3) is 0.355. The van der Waals surface area contributed by atoms with E-state index in [2.05, 4.69) is 10.9 Å². The van der Waals surface area contributed by atoms with Gasteiger partial charge in [0.2, 0.25) is 5.90 Å². The van der Waals surface area contributed by atoms with Gasteiger partial charge in [0.05, 0.1) is 31.5 Å². The Hall–Kier alpha value is -4.13. The summed E-state index contributed by atoms with van der Waals surface area (Å²) < 4.78 is 48.7. The van der Waals surface area contributed by atoms with E-state index in [-0.39, 0.29) is 36.1 Å². The van der Waals surface area contributed by atoms with Crippen LogP contribution in [0.25, 0.3) is 0 Å². The minimum Gasteiger partial charge on any atom is -0.497 e. The maximum atomic E-state index is 13.8. The number of carbonyl (C=O) groups excluding carboxylic acids is 1. The Kier molecular flexibility index (Phi) is 10.6. The monoisotopic (exact) mass is 611 g/mol. The summed E-state index contributed by atoms with van der Waals surface area (Å²) in [5.41, 5.74) is 5.48. The van der Waals surface area contributed by atoms with Gasteiger partial charge in [0, 0.05) is 36.8 Å². The zero-order valence-corrected chi connectivity index (χ0v) is 25.2. The Labute approximate surface area is 251 Å². The van der Waals surface area contributed by atoms with Gasteiger partial charge in [0.15, 0.2) is 15.4 Å². The van der Waals surface area contributed by atoms with Crippen molar-refractivity contribution in [1.82, 2.24) is 10.9 Å². The lowest BCUT2D eigenvalue weighted by Crippen LogP contribution is -2.55. The lowest BCUT2D eigenvalue weighted by atomic mass is 9.90. The van der Waals surface area contributed by atoms with Crippen LogP contribution in [0.5, 0.6) is 17.2 Å². The molecule has 1 aliphatic heterocycles. The minimum atomic E-state index is -3.71. The first-order valence-electron chi connectivity index (χ1n) is 13.8. The second-order valence-electron chi connectivity index (χ2n) is 9.92. The van der Waals surface area contributed by atoms with Gasteiger partial charge in [-0.25, -0.2) is 18.8 Å². The summed E-state index contributed by atoms with van der Waals surface area (Å²) in [6.45, 7) is 2.33. The molecule has 230 valence electrons. The predicted molar refractivity (Wildman–Crippen MR) is 161 cm³/mol. The molecule has 1 amide bonds. The van der Waals surface area contributed by atoms with Crippen LogP contribution >= 0.6 is 0 Å². The van der Waals surface area contributed by atoms with Crippen molar-refractivity contribution in [1.29, 1.82) is 0 Å². The van der Waals surface area contributed by atoms with E-state index in [1.807, 2.05) is 6.07 Å². The smallest absolute Gasteiger partial charge is 0.266 e. The van der Waals surface area contributed by atoms with Crippen molar-refractivity contribution in [2.24, 2.45) is 4.99 Å². The average molecular weight is 612 g/mol. The Morgan fingerprint density at radius 1 is 1.02 bits per heavy atom. The molecule has 3 aromatic rings. The molecule has 2 atom stereocenters. The highest BCUT2D eigenvalue weighted by atomic mass is 32.2. The van der Waals surface area contributed by atoms with E-state index in [0.29, 0.717) is 35.8 Å². The van der Waals surface area contributed by atoms with Gasteiger partial charge in [-0.15, -0.1) is 0 Å². The summed E-state index contributed by atoms with van der Waals surface area (Å²) in [5, 5.41) is 8.97. The second kappa shape index (κ2) is 14.4. The number of rotatable bonds is 15. The van der Waals surface area contributed by atoms with Gasteiger partial charge in [0.1, 0.15) is 23.4 Å². The fourth-order valence-electron chi connectivity index (χ4n) is 4.61. The SMILES string of the molecule is COc1ccc(CNNC(=O)[C@@]2(CCS(=O)(=O)c3ccccc3)N=C(c3ccc(OCCCO)cc3)O[C@H]2C)c(OC)c1. The summed E-state index contributed by atoms with van der Waals surface area (Å²) in [6, 6.07) is 20.4. The lowest BCUT2D eigenvalue weighted by molar-refractivity contribution is -0.129. The van der Waals surface area contributed by atoms with Crippen LogP contribution in [-0.2, 0) is 25.9 Å². The molecule has 0 unspecified atom stereocenters. The third kappa shape index (κ3) is 7.64. The molecule has 1 aliphatic rings. The normalized spacial score (nSPS) is 18.0. The molecule has 3 N–H and O–H groups in total. The molecule has 11 nitrogen and oxygen atoms in total. The summed E-state index contributed by atoms with van der Waals surface area (Å²) in [6.07, 6.45) is -0.375. The van der Waals surface area contributed by atoms with Gasteiger partial charge in [-0.05, 0) is 55.8 Å². The highest BCUT2D eigenvalue weighted by Gasteiger charge is 2.50. The maximum absolute atomic E-state index is 13.8. The van der Waals surface area contributed by atoms with Crippen molar-refractivity contribution >= 4 is 21.6 Å². The Morgan fingerprint density at radius 3 is 2.42 bits per heavy atom. The van der Waals surface area contributed by atoms with E-state index in [1.165, 1.54) is 12.1 Å². The molecule has 1 heterocycles. The molecule has 0 bridgehead atoms. The zero-order chi connectivity index (χ0) is 30.9. The highest BCUT2D eigenvalue weighted by molar-refractivity contribution is 7.91. The van der Waals surface area contributed by atoms with E-state index in [9.17, 15) is 13.2 Å². The molecule has 0 radical (unpaired) electrons. The van der Waals surface area contributed by atoms with Gasteiger partial charge in [0.25, 0.3) is 5.91 Å². The largest absolute Gasteiger partial charge is 0.497 e. The number of aliphatic hydroxyl groups is 1. The molecule has 0 aromatic heterocycles. The van der Waals surface area contributed by atoms with Crippen LogP contribution in [0.15, 0.2) is 82.7 Å². The first kappa shape index (κ1) is 31.8. The van der Waals surface area contributed by atoms with Gasteiger partial charge >= 0.3 is 0 Å². The van der Waals surface area contributed by atoms with E-state index in [0.717, 1.165) is 5.56 Å². The quantitative estimate of drug-likeness (QED) is 0.174. The van der Waals surface area contributed by atoms with Gasteiger partial charge in [-0.2, -0.15) is 0 Å². The number of nitrogens with one attached hydrogen (secondary N) is 2. The number of carbonyl (C=O) groups is 1. The molecular formula is C31H37N3O8S. The van der Waals surface area contributed by atoms with E-state index in [4.69, 9.17) is 29.0 Å².